The fraction of sp³-hybridized carbons (Fsp3) is 0.0476. The van der Waals surface area contributed by atoms with Crippen LogP contribution >= 0.6 is 23.2 Å². The third kappa shape index (κ3) is 4.48. The molecule has 3 rings (SSSR count). The summed E-state index contributed by atoms with van der Waals surface area (Å²) in [5.41, 5.74) is 2.62. The highest BCUT2D eigenvalue weighted by molar-refractivity contribution is 6.31. The normalized spacial score (nSPS) is 10.4. The van der Waals surface area contributed by atoms with E-state index in [4.69, 9.17) is 27.9 Å². The van der Waals surface area contributed by atoms with Crippen LogP contribution in [0.2, 0.25) is 5.02 Å². The molecular weight excluding hydrogens is 385 g/mol. The summed E-state index contributed by atoms with van der Waals surface area (Å²) >= 11 is 12.0. The average Bonchev–Trinajstić information content (AvgIpc) is 2.67. The van der Waals surface area contributed by atoms with Crippen molar-refractivity contribution < 1.29 is 14.6 Å². The van der Waals surface area contributed by atoms with Crippen LogP contribution in [0.1, 0.15) is 10.5 Å². The van der Waals surface area contributed by atoms with Gasteiger partial charge < -0.3 is 14.6 Å². The summed E-state index contributed by atoms with van der Waals surface area (Å²) in [6, 6.07) is 17.4. The molecule has 0 saturated heterocycles. The van der Waals surface area contributed by atoms with Crippen molar-refractivity contribution in [2.75, 3.05) is 6.61 Å². The smallest absolute Gasteiger partial charge is 0.127 e. The molecule has 27 heavy (non-hydrogen) atoms. The highest BCUT2D eigenvalue weighted by Crippen LogP contribution is 2.38. The van der Waals surface area contributed by atoms with E-state index in [1.165, 1.54) is 6.07 Å². The quantitative estimate of drug-likeness (QED) is 0.610. The molecule has 1 aromatic heterocycles. The van der Waals surface area contributed by atoms with Crippen LogP contribution in [-0.2, 0) is 0 Å². The SMILES string of the molecule is C=C(Cl)COc1ccc(Cl)cc1-c1ccccc1-c1cccc(C(=O)[O-])n1. The Bertz CT molecular complexity index is 1020. The Labute approximate surface area is 166 Å². The summed E-state index contributed by atoms with van der Waals surface area (Å²) in [4.78, 5) is 15.3. The summed E-state index contributed by atoms with van der Waals surface area (Å²) in [6.07, 6.45) is 0. The minimum absolute atomic E-state index is 0.136. The fourth-order valence-electron chi connectivity index (χ4n) is 2.63. The standard InChI is InChI=1S/C21H15Cl2NO3/c1-13(22)12-27-20-10-9-14(23)11-17(20)15-5-2-3-6-16(15)18-7-4-8-19(24-18)21(25)26/h2-11H,1,12H2,(H,25,26)/p-1. The number of halogens is 2. The van der Waals surface area contributed by atoms with Gasteiger partial charge >= 0.3 is 0 Å². The number of aromatic carboxylic acids is 1. The number of aromatic nitrogens is 1. The van der Waals surface area contributed by atoms with Gasteiger partial charge in [-0.3, -0.25) is 0 Å². The fourth-order valence-corrected chi connectivity index (χ4v) is 2.86. The lowest BCUT2D eigenvalue weighted by molar-refractivity contribution is -0.255. The number of carbonyl (C=O) groups is 1. The van der Waals surface area contributed by atoms with Gasteiger partial charge in [-0.05, 0) is 35.9 Å². The van der Waals surface area contributed by atoms with Gasteiger partial charge in [-0.25, -0.2) is 4.98 Å². The summed E-state index contributed by atoms with van der Waals surface area (Å²) in [6.45, 7) is 3.77. The number of carbonyl (C=O) groups excluding carboxylic acids is 1. The number of rotatable bonds is 6. The molecule has 0 saturated carbocycles. The van der Waals surface area contributed by atoms with Crippen molar-refractivity contribution in [2.45, 2.75) is 0 Å². The minimum Gasteiger partial charge on any atom is -0.543 e. The summed E-state index contributed by atoms with van der Waals surface area (Å²) in [7, 11) is 0. The van der Waals surface area contributed by atoms with E-state index in [9.17, 15) is 9.90 Å². The molecule has 0 aliphatic carbocycles. The van der Waals surface area contributed by atoms with E-state index in [1.807, 2.05) is 24.3 Å². The highest BCUT2D eigenvalue weighted by atomic mass is 35.5. The molecule has 0 aliphatic heterocycles. The van der Waals surface area contributed by atoms with Crippen molar-refractivity contribution in [1.82, 2.24) is 4.98 Å². The van der Waals surface area contributed by atoms with E-state index >= 15 is 0 Å². The van der Waals surface area contributed by atoms with Gasteiger partial charge in [-0.1, -0.05) is 60.1 Å². The second kappa shape index (κ2) is 8.25. The first-order valence-electron chi connectivity index (χ1n) is 7.99. The van der Waals surface area contributed by atoms with Gasteiger partial charge in [0.2, 0.25) is 0 Å². The minimum atomic E-state index is -1.33. The maximum Gasteiger partial charge on any atom is 0.127 e. The summed E-state index contributed by atoms with van der Waals surface area (Å²) < 4.78 is 5.75. The van der Waals surface area contributed by atoms with Gasteiger partial charge in [-0.2, -0.15) is 0 Å². The van der Waals surface area contributed by atoms with Crippen molar-refractivity contribution >= 4 is 29.2 Å². The average molecular weight is 399 g/mol. The lowest BCUT2D eigenvalue weighted by atomic mass is 9.96. The second-order valence-corrected chi connectivity index (χ2v) is 6.66. The second-order valence-electron chi connectivity index (χ2n) is 5.69. The Morgan fingerprint density at radius 2 is 1.78 bits per heavy atom. The third-order valence-corrected chi connectivity index (χ3v) is 4.12. The van der Waals surface area contributed by atoms with Gasteiger partial charge in [-0.15, -0.1) is 0 Å². The number of hydrogen-bond donors (Lipinski definition) is 0. The number of benzene rings is 2. The Morgan fingerprint density at radius 3 is 2.48 bits per heavy atom. The number of ether oxygens (including phenoxy) is 1. The van der Waals surface area contributed by atoms with Crippen LogP contribution in [0.5, 0.6) is 5.75 Å². The predicted molar refractivity (Wildman–Crippen MR) is 105 cm³/mol. The first kappa shape index (κ1) is 19.0. The monoisotopic (exact) mass is 398 g/mol. The molecule has 0 N–H and O–H groups in total. The largest absolute Gasteiger partial charge is 0.543 e. The predicted octanol–water partition coefficient (Wildman–Crippen LogP) is 4.56. The molecule has 136 valence electrons. The molecule has 0 bridgehead atoms. The maximum atomic E-state index is 11.2. The lowest BCUT2D eigenvalue weighted by Crippen LogP contribution is -2.23. The molecule has 1 heterocycles. The lowest BCUT2D eigenvalue weighted by Gasteiger charge is -2.15. The number of pyridine rings is 1. The van der Waals surface area contributed by atoms with Gasteiger partial charge in [0.25, 0.3) is 0 Å². The topological polar surface area (TPSA) is 62.2 Å². The zero-order valence-electron chi connectivity index (χ0n) is 14.1. The maximum absolute atomic E-state index is 11.2. The van der Waals surface area contributed by atoms with Gasteiger partial charge in [0.15, 0.2) is 0 Å². The molecule has 6 heteroatoms. The van der Waals surface area contributed by atoms with Crippen LogP contribution in [0.15, 0.2) is 72.3 Å². The molecule has 0 fully saturated rings. The van der Waals surface area contributed by atoms with Gasteiger partial charge in [0.05, 0.1) is 17.4 Å². The summed E-state index contributed by atoms with van der Waals surface area (Å²) in [5, 5.41) is 12.1. The number of nitrogens with zero attached hydrogens (tertiary/aromatic N) is 1. The number of hydrogen-bond acceptors (Lipinski definition) is 4. The first-order chi connectivity index (χ1) is 13.0. The number of carboxylic acids is 1. The van der Waals surface area contributed by atoms with Crippen LogP contribution in [0, 0.1) is 0 Å². The Kier molecular flexibility index (Phi) is 5.79. The molecule has 2 aromatic carbocycles. The first-order valence-corrected chi connectivity index (χ1v) is 8.75. The molecule has 0 amide bonds. The zero-order chi connectivity index (χ0) is 19.4. The van der Waals surface area contributed by atoms with Crippen LogP contribution in [-0.4, -0.2) is 17.6 Å². The molecule has 0 unspecified atom stereocenters. The highest BCUT2D eigenvalue weighted by Gasteiger charge is 2.14. The van der Waals surface area contributed by atoms with E-state index < -0.39 is 5.97 Å². The Balaban J connectivity index is 2.14. The van der Waals surface area contributed by atoms with Crippen molar-refractivity contribution in [1.29, 1.82) is 0 Å². The van der Waals surface area contributed by atoms with E-state index in [0.29, 0.717) is 21.5 Å². The van der Waals surface area contributed by atoms with Crippen LogP contribution in [0.4, 0.5) is 0 Å². The van der Waals surface area contributed by atoms with Crippen molar-refractivity contribution in [3.8, 4) is 28.1 Å². The summed E-state index contributed by atoms with van der Waals surface area (Å²) in [5.74, 6) is -0.758. The third-order valence-electron chi connectivity index (χ3n) is 3.78. The van der Waals surface area contributed by atoms with Crippen LogP contribution in [0.25, 0.3) is 22.4 Å². The molecule has 0 radical (unpaired) electrons. The van der Waals surface area contributed by atoms with Crippen LogP contribution < -0.4 is 9.84 Å². The molecule has 3 aromatic rings. The zero-order valence-corrected chi connectivity index (χ0v) is 15.6. The van der Waals surface area contributed by atoms with Crippen molar-refractivity contribution in [3.63, 3.8) is 0 Å². The van der Waals surface area contributed by atoms with Crippen LogP contribution in [0.3, 0.4) is 0 Å². The van der Waals surface area contributed by atoms with E-state index in [2.05, 4.69) is 11.6 Å². The molecule has 0 atom stereocenters. The molecular formula is C21H14Cl2NO3-. The van der Waals surface area contributed by atoms with Crippen molar-refractivity contribution in [3.05, 3.63) is 83.0 Å². The van der Waals surface area contributed by atoms with Gasteiger partial charge in [0.1, 0.15) is 12.4 Å². The van der Waals surface area contributed by atoms with Crippen molar-refractivity contribution in [2.24, 2.45) is 0 Å². The molecule has 0 spiro atoms. The van der Waals surface area contributed by atoms with E-state index in [-0.39, 0.29) is 12.3 Å². The molecule has 0 aliphatic rings. The molecule has 4 nitrogen and oxygen atoms in total. The van der Waals surface area contributed by atoms with Gasteiger partial charge in [0, 0.05) is 21.2 Å². The Hall–Kier alpha value is -2.82. The Morgan fingerprint density at radius 1 is 1.04 bits per heavy atom. The van der Waals surface area contributed by atoms with E-state index in [1.54, 1.807) is 30.3 Å². The van der Waals surface area contributed by atoms with E-state index in [0.717, 1.165) is 16.7 Å². The number of carboxylic acid groups (broad SMARTS) is 1.